The van der Waals surface area contributed by atoms with E-state index in [-0.39, 0.29) is 5.56 Å². The van der Waals surface area contributed by atoms with E-state index >= 15 is 0 Å². The number of carbonyl (C=O) groups excluding carboxylic acids is 2. The van der Waals surface area contributed by atoms with Crippen LogP contribution >= 0.6 is 0 Å². The first-order valence-electron chi connectivity index (χ1n) is 9.04. The summed E-state index contributed by atoms with van der Waals surface area (Å²) in [6.07, 6.45) is 2.56. The number of pyridine rings is 1. The van der Waals surface area contributed by atoms with Gasteiger partial charge in [0.1, 0.15) is 0 Å². The van der Waals surface area contributed by atoms with Crippen LogP contribution in [-0.4, -0.2) is 27.2 Å². The summed E-state index contributed by atoms with van der Waals surface area (Å²) in [6.45, 7) is 0.427. The van der Waals surface area contributed by atoms with E-state index in [0.29, 0.717) is 18.5 Å². The zero-order chi connectivity index (χ0) is 20.8. The van der Waals surface area contributed by atoms with Gasteiger partial charge in [-0.25, -0.2) is 4.79 Å². The molecule has 0 aliphatic carbocycles. The Bertz CT molecular complexity index is 1100. The van der Waals surface area contributed by atoms with E-state index in [1.165, 1.54) is 6.20 Å². The van der Waals surface area contributed by atoms with Crippen molar-refractivity contribution in [2.24, 2.45) is 0 Å². The first kappa shape index (κ1) is 19.9. The smallest absolute Gasteiger partial charge is 0.372 e. The van der Waals surface area contributed by atoms with Crippen LogP contribution in [0.2, 0.25) is 0 Å². The molecule has 1 N–H and O–H groups in total. The van der Waals surface area contributed by atoms with Gasteiger partial charge in [0.15, 0.2) is 11.2 Å². The fourth-order valence-electron chi connectivity index (χ4n) is 3.04. The number of Topliss-reactive ketones (excluding diaryl/α,β-unsaturated/α-hetero) is 2. The molecule has 0 spiro atoms. The van der Waals surface area contributed by atoms with Crippen LogP contribution in [0.1, 0.15) is 33.5 Å². The van der Waals surface area contributed by atoms with Crippen molar-refractivity contribution in [2.45, 2.75) is 19.4 Å². The molecular weight excluding hydrogens is 370 g/mol. The molecule has 29 heavy (non-hydrogen) atoms. The van der Waals surface area contributed by atoms with E-state index < -0.39 is 29.4 Å². The zero-order valence-electron chi connectivity index (χ0n) is 15.6. The van der Waals surface area contributed by atoms with Gasteiger partial charge < -0.3 is 9.67 Å². The maximum Gasteiger partial charge on any atom is 0.372 e. The molecule has 0 bridgehead atoms. The molecule has 3 aromatic rings. The second-order valence-electron chi connectivity index (χ2n) is 6.67. The SMILES string of the molecule is O=C(O)C(=O)CC(=O)c1cn(Cc2ccccc2)cc(Cc2ccccc2)c1=O. The van der Waals surface area contributed by atoms with Crippen molar-refractivity contribution in [3.05, 3.63) is 106 Å². The van der Waals surface area contributed by atoms with Crippen LogP contribution in [0.3, 0.4) is 0 Å². The van der Waals surface area contributed by atoms with Crippen molar-refractivity contribution >= 4 is 17.5 Å². The first-order chi connectivity index (χ1) is 13.9. The van der Waals surface area contributed by atoms with Crippen LogP contribution in [0.4, 0.5) is 0 Å². The van der Waals surface area contributed by atoms with Gasteiger partial charge in [0, 0.05) is 30.9 Å². The Balaban J connectivity index is 2.01. The number of nitrogens with zero attached hydrogens (tertiary/aromatic N) is 1. The molecule has 0 fully saturated rings. The number of aliphatic carboxylic acids is 1. The number of hydrogen-bond acceptors (Lipinski definition) is 4. The Morgan fingerprint density at radius 3 is 2.00 bits per heavy atom. The third-order valence-electron chi connectivity index (χ3n) is 4.46. The summed E-state index contributed by atoms with van der Waals surface area (Å²) in [5.41, 5.74) is 1.62. The van der Waals surface area contributed by atoms with Crippen molar-refractivity contribution in [3.8, 4) is 0 Å². The van der Waals surface area contributed by atoms with Gasteiger partial charge in [-0.3, -0.25) is 14.4 Å². The van der Waals surface area contributed by atoms with Crippen LogP contribution in [0.25, 0.3) is 0 Å². The highest BCUT2D eigenvalue weighted by Crippen LogP contribution is 2.11. The number of carbonyl (C=O) groups is 3. The van der Waals surface area contributed by atoms with Crippen molar-refractivity contribution in [3.63, 3.8) is 0 Å². The van der Waals surface area contributed by atoms with E-state index in [4.69, 9.17) is 5.11 Å². The van der Waals surface area contributed by atoms with Crippen LogP contribution < -0.4 is 5.43 Å². The standard InChI is InChI=1S/C23H19NO5/c25-20(12-21(26)23(28)29)19-15-24(13-17-9-5-2-6-10-17)14-18(22(19)27)11-16-7-3-1-4-8-16/h1-10,14-15H,11-13H2,(H,28,29). The summed E-state index contributed by atoms with van der Waals surface area (Å²) in [6, 6.07) is 18.9. The molecule has 0 radical (unpaired) electrons. The maximum atomic E-state index is 12.9. The van der Waals surface area contributed by atoms with E-state index in [1.807, 2.05) is 60.7 Å². The summed E-state index contributed by atoms with van der Waals surface area (Å²) in [5, 5.41) is 8.76. The van der Waals surface area contributed by atoms with Crippen LogP contribution in [0, 0.1) is 0 Å². The third kappa shape index (κ3) is 5.13. The van der Waals surface area contributed by atoms with Gasteiger partial charge in [0.05, 0.1) is 12.0 Å². The number of carboxylic acids is 1. The van der Waals surface area contributed by atoms with Crippen molar-refractivity contribution in [2.75, 3.05) is 0 Å². The van der Waals surface area contributed by atoms with E-state index in [0.717, 1.165) is 11.1 Å². The monoisotopic (exact) mass is 389 g/mol. The summed E-state index contributed by atoms with van der Waals surface area (Å²) < 4.78 is 1.72. The summed E-state index contributed by atoms with van der Waals surface area (Å²) in [4.78, 5) is 47.6. The fraction of sp³-hybridized carbons (Fsp3) is 0.130. The molecule has 0 unspecified atom stereocenters. The second kappa shape index (κ2) is 8.93. The quantitative estimate of drug-likeness (QED) is 0.363. The number of rotatable bonds is 8. The van der Waals surface area contributed by atoms with Gasteiger partial charge in [-0.05, 0) is 11.1 Å². The van der Waals surface area contributed by atoms with Crippen LogP contribution in [0.5, 0.6) is 0 Å². The van der Waals surface area contributed by atoms with Crippen LogP contribution in [-0.2, 0) is 22.6 Å². The Morgan fingerprint density at radius 1 is 0.828 bits per heavy atom. The largest absolute Gasteiger partial charge is 0.475 e. The molecule has 0 aliphatic rings. The predicted molar refractivity (Wildman–Crippen MR) is 107 cm³/mol. The summed E-state index contributed by atoms with van der Waals surface area (Å²) in [5.74, 6) is -3.72. The van der Waals surface area contributed by atoms with Gasteiger partial charge >= 0.3 is 5.97 Å². The first-order valence-corrected chi connectivity index (χ1v) is 9.04. The number of carboxylic acid groups (broad SMARTS) is 1. The fourth-order valence-corrected chi connectivity index (χ4v) is 3.04. The number of ketones is 2. The Labute approximate surface area is 167 Å². The highest BCUT2D eigenvalue weighted by molar-refractivity contribution is 6.37. The molecule has 0 saturated heterocycles. The van der Waals surface area contributed by atoms with Gasteiger partial charge in [-0.2, -0.15) is 0 Å². The minimum atomic E-state index is -1.69. The Kier molecular flexibility index (Phi) is 6.14. The van der Waals surface area contributed by atoms with Crippen molar-refractivity contribution < 1.29 is 19.5 Å². The zero-order valence-corrected chi connectivity index (χ0v) is 15.6. The lowest BCUT2D eigenvalue weighted by atomic mass is 10.0. The number of benzene rings is 2. The average Bonchev–Trinajstić information content (AvgIpc) is 2.71. The minimum Gasteiger partial charge on any atom is -0.475 e. The lowest BCUT2D eigenvalue weighted by Crippen LogP contribution is -2.25. The molecule has 3 rings (SSSR count). The molecule has 0 atom stereocenters. The van der Waals surface area contributed by atoms with Crippen LogP contribution in [0.15, 0.2) is 77.9 Å². The molecule has 0 amide bonds. The van der Waals surface area contributed by atoms with E-state index in [9.17, 15) is 19.2 Å². The Morgan fingerprint density at radius 2 is 1.41 bits per heavy atom. The van der Waals surface area contributed by atoms with Crippen molar-refractivity contribution in [1.29, 1.82) is 0 Å². The molecule has 2 aromatic carbocycles. The third-order valence-corrected chi connectivity index (χ3v) is 4.46. The lowest BCUT2D eigenvalue weighted by molar-refractivity contribution is -0.148. The second-order valence-corrected chi connectivity index (χ2v) is 6.67. The molecule has 6 nitrogen and oxygen atoms in total. The minimum absolute atomic E-state index is 0.177. The topological polar surface area (TPSA) is 93.4 Å². The summed E-state index contributed by atoms with van der Waals surface area (Å²) in [7, 11) is 0. The maximum absolute atomic E-state index is 12.9. The normalized spacial score (nSPS) is 10.5. The molecule has 0 saturated carbocycles. The van der Waals surface area contributed by atoms with Crippen molar-refractivity contribution in [1.82, 2.24) is 4.57 Å². The molecular formula is C23H19NO5. The van der Waals surface area contributed by atoms with Gasteiger partial charge in [0.25, 0.3) is 0 Å². The number of aromatic nitrogens is 1. The predicted octanol–water partition coefficient (Wildman–Crippen LogP) is 2.71. The van der Waals surface area contributed by atoms with E-state index in [1.54, 1.807) is 10.8 Å². The van der Waals surface area contributed by atoms with Gasteiger partial charge in [0.2, 0.25) is 5.78 Å². The highest BCUT2D eigenvalue weighted by atomic mass is 16.4. The molecule has 1 heterocycles. The molecule has 6 heteroatoms. The van der Waals surface area contributed by atoms with Gasteiger partial charge in [-0.1, -0.05) is 60.7 Å². The molecule has 146 valence electrons. The number of hydrogen-bond donors (Lipinski definition) is 1. The summed E-state index contributed by atoms with van der Waals surface area (Å²) >= 11 is 0. The lowest BCUT2D eigenvalue weighted by Gasteiger charge is -2.12. The average molecular weight is 389 g/mol. The van der Waals surface area contributed by atoms with E-state index in [2.05, 4.69) is 0 Å². The molecule has 1 aromatic heterocycles. The highest BCUT2D eigenvalue weighted by Gasteiger charge is 2.21. The molecule has 0 aliphatic heterocycles. The Hall–Kier alpha value is -3.80. The van der Waals surface area contributed by atoms with Gasteiger partial charge in [-0.15, -0.1) is 0 Å².